The molecule has 0 aliphatic carbocycles. The molecule has 1 amide bonds. The zero-order valence-corrected chi connectivity index (χ0v) is 14.2. The molecular formula is C16H25BrN2O. The van der Waals surface area contributed by atoms with Crippen LogP contribution in [-0.2, 0) is 11.2 Å². The standard InChI is InChI=1S/C16H25BrN2O/c1-4-13-10-14(17)8-9-15(13)19-16(20)11(2)6-5-7-12(3)18/h8-12H,4-7,18H2,1-3H3,(H,19,20). The first kappa shape index (κ1) is 17.2. The number of halogens is 1. The highest BCUT2D eigenvalue weighted by Gasteiger charge is 2.14. The van der Waals surface area contributed by atoms with Crippen LogP contribution in [0.4, 0.5) is 5.69 Å². The van der Waals surface area contributed by atoms with Crippen molar-refractivity contribution in [2.45, 2.75) is 52.5 Å². The molecule has 2 unspecified atom stereocenters. The maximum absolute atomic E-state index is 12.2. The van der Waals surface area contributed by atoms with E-state index in [4.69, 9.17) is 5.73 Å². The van der Waals surface area contributed by atoms with E-state index in [-0.39, 0.29) is 17.9 Å². The fourth-order valence-corrected chi connectivity index (χ4v) is 2.52. The van der Waals surface area contributed by atoms with Gasteiger partial charge in [-0.2, -0.15) is 0 Å². The van der Waals surface area contributed by atoms with Crippen LogP contribution in [0.5, 0.6) is 0 Å². The molecule has 0 fully saturated rings. The van der Waals surface area contributed by atoms with E-state index in [2.05, 4.69) is 34.2 Å². The average Bonchev–Trinajstić information content (AvgIpc) is 2.40. The minimum atomic E-state index is 0.0158. The van der Waals surface area contributed by atoms with E-state index in [0.717, 1.165) is 41.4 Å². The summed E-state index contributed by atoms with van der Waals surface area (Å²) in [6, 6.07) is 6.17. The van der Waals surface area contributed by atoms with Gasteiger partial charge in [0.05, 0.1) is 0 Å². The average molecular weight is 341 g/mol. The van der Waals surface area contributed by atoms with Gasteiger partial charge in [0.15, 0.2) is 0 Å². The van der Waals surface area contributed by atoms with Gasteiger partial charge in [0.1, 0.15) is 0 Å². The first-order valence-electron chi connectivity index (χ1n) is 7.29. The van der Waals surface area contributed by atoms with Crippen LogP contribution in [0.25, 0.3) is 0 Å². The fourth-order valence-electron chi connectivity index (χ4n) is 2.11. The molecule has 0 radical (unpaired) electrons. The molecule has 0 bridgehead atoms. The SMILES string of the molecule is CCc1cc(Br)ccc1NC(=O)C(C)CCCC(C)N. The number of nitrogens with one attached hydrogen (secondary N) is 1. The first-order valence-corrected chi connectivity index (χ1v) is 8.08. The molecule has 0 aliphatic heterocycles. The van der Waals surface area contributed by atoms with Gasteiger partial charge in [0, 0.05) is 22.1 Å². The van der Waals surface area contributed by atoms with Crippen molar-refractivity contribution in [2.24, 2.45) is 11.7 Å². The molecule has 0 heterocycles. The number of nitrogens with two attached hydrogens (primary N) is 1. The van der Waals surface area contributed by atoms with Crippen LogP contribution in [0.3, 0.4) is 0 Å². The van der Waals surface area contributed by atoms with Crippen LogP contribution >= 0.6 is 15.9 Å². The summed E-state index contributed by atoms with van der Waals surface area (Å²) >= 11 is 3.46. The molecule has 0 aliphatic rings. The zero-order chi connectivity index (χ0) is 15.1. The molecule has 0 aromatic heterocycles. The first-order chi connectivity index (χ1) is 9.43. The number of amides is 1. The third-order valence-corrected chi connectivity index (χ3v) is 3.94. The molecule has 4 heteroatoms. The summed E-state index contributed by atoms with van der Waals surface area (Å²) in [6.45, 7) is 6.06. The lowest BCUT2D eigenvalue weighted by molar-refractivity contribution is -0.119. The molecule has 1 aromatic carbocycles. The highest BCUT2D eigenvalue weighted by Crippen LogP contribution is 2.22. The summed E-state index contributed by atoms with van der Waals surface area (Å²) < 4.78 is 1.04. The van der Waals surface area contributed by atoms with Gasteiger partial charge in [-0.05, 0) is 49.9 Å². The number of carbonyl (C=O) groups excluding carboxylic acids is 1. The third-order valence-electron chi connectivity index (χ3n) is 3.45. The molecule has 20 heavy (non-hydrogen) atoms. The lowest BCUT2D eigenvalue weighted by atomic mass is 10.0. The van der Waals surface area contributed by atoms with Crippen molar-refractivity contribution < 1.29 is 4.79 Å². The second kappa shape index (κ2) is 8.42. The molecule has 1 rings (SSSR count). The minimum Gasteiger partial charge on any atom is -0.328 e. The van der Waals surface area contributed by atoms with Gasteiger partial charge in [-0.25, -0.2) is 0 Å². The van der Waals surface area contributed by atoms with Crippen LogP contribution < -0.4 is 11.1 Å². The van der Waals surface area contributed by atoms with Crippen LogP contribution in [0.1, 0.15) is 45.6 Å². The Morgan fingerprint density at radius 2 is 2.05 bits per heavy atom. The van der Waals surface area contributed by atoms with Crippen LogP contribution in [0, 0.1) is 5.92 Å². The predicted octanol–water partition coefficient (Wildman–Crippen LogP) is 4.10. The maximum Gasteiger partial charge on any atom is 0.227 e. The van der Waals surface area contributed by atoms with Crippen molar-refractivity contribution in [3.05, 3.63) is 28.2 Å². The van der Waals surface area contributed by atoms with Crippen molar-refractivity contribution in [3.63, 3.8) is 0 Å². The summed E-state index contributed by atoms with van der Waals surface area (Å²) in [5.41, 5.74) is 7.79. The second-order valence-corrected chi connectivity index (χ2v) is 6.37. The molecule has 112 valence electrons. The zero-order valence-electron chi connectivity index (χ0n) is 12.6. The van der Waals surface area contributed by atoms with Crippen molar-refractivity contribution >= 4 is 27.5 Å². The Kier molecular flexibility index (Phi) is 7.24. The van der Waals surface area contributed by atoms with Gasteiger partial charge in [0.2, 0.25) is 5.91 Å². The summed E-state index contributed by atoms with van der Waals surface area (Å²) in [4.78, 5) is 12.2. The Balaban J connectivity index is 2.57. The molecule has 1 aromatic rings. The topological polar surface area (TPSA) is 55.1 Å². The second-order valence-electron chi connectivity index (χ2n) is 5.45. The number of rotatable bonds is 7. The number of carbonyl (C=O) groups is 1. The Labute approximate surface area is 130 Å². The van der Waals surface area contributed by atoms with Gasteiger partial charge in [-0.3, -0.25) is 4.79 Å². The Morgan fingerprint density at radius 3 is 2.65 bits per heavy atom. The van der Waals surface area contributed by atoms with Crippen molar-refractivity contribution in [2.75, 3.05) is 5.32 Å². The highest BCUT2D eigenvalue weighted by atomic mass is 79.9. The quantitative estimate of drug-likeness (QED) is 0.784. The largest absolute Gasteiger partial charge is 0.328 e. The molecule has 0 saturated carbocycles. The summed E-state index contributed by atoms with van der Waals surface area (Å²) in [6.07, 6.45) is 3.74. The Hall–Kier alpha value is -0.870. The summed E-state index contributed by atoms with van der Waals surface area (Å²) in [7, 11) is 0. The van der Waals surface area contributed by atoms with Gasteiger partial charge in [-0.1, -0.05) is 36.2 Å². The lowest BCUT2D eigenvalue weighted by Gasteiger charge is -2.15. The summed E-state index contributed by atoms with van der Waals surface area (Å²) in [5.74, 6) is 0.105. The third kappa shape index (κ3) is 5.63. The normalized spacial score (nSPS) is 13.8. The Morgan fingerprint density at radius 1 is 1.35 bits per heavy atom. The van der Waals surface area contributed by atoms with Gasteiger partial charge >= 0.3 is 0 Å². The van der Waals surface area contributed by atoms with E-state index in [1.807, 2.05) is 26.0 Å². The van der Waals surface area contributed by atoms with Crippen molar-refractivity contribution in [1.82, 2.24) is 0 Å². The highest BCUT2D eigenvalue weighted by molar-refractivity contribution is 9.10. The van der Waals surface area contributed by atoms with E-state index in [1.165, 1.54) is 0 Å². The lowest BCUT2D eigenvalue weighted by Crippen LogP contribution is -2.22. The van der Waals surface area contributed by atoms with Crippen LogP contribution in [0.15, 0.2) is 22.7 Å². The summed E-state index contributed by atoms with van der Waals surface area (Å²) in [5, 5.41) is 3.04. The number of benzene rings is 1. The monoisotopic (exact) mass is 340 g/mol. The van der Waals surface area contributed by atoms with Gasteiger partial charge in [-0.15, -0.1) is 0 Å². The molecule has 3 N–H and O–H groups in total. The molecule has 0 spiro atoms. The molecule has 0 saturated heterocycles. The van der Waals surface area contributed by atoms with Crippen molar-refractivity contribution in [3.8, 4) is 0 Å². The van der Waals surface area contributed by atoms with E-state index < -0.39 is 0 Å². The van der Waals surface area contributed by atoms with Crippen LogP contribution in [0.2, 0.25) is 0 Å². The number of hydrogen-bond acceptors (Lipinski definition) is 2. The smallest absolute Gasteiger partial charge is 0.227 e. The molecule has 2 atom stereocenters. The van der Waals surface area contributed by atoms with E-state index >= 15 is 0 Å². The molecular weight excluding hydrogens is 316 g/mol. The Bertz CT molecular complexity index is 446. The molecule has 3 nitrogen and oxygen atoms in total. The van der Waals surface area contributed by atoms with Gasteiger partial charge in [0.25, 0.3) is 0 Å². The number of aryl methyl sites for hydroxylation is 1. The minimum absolute atomic E-state index is 0.0158. The van der Waals surface area contributed by atoms with Crippen LogP contribution in [-0.4, -0.2) is 11.9 Å². The van der Waals surface area contributed by atoms with E-state index in [9.17, 15) is 4.79 Å². The fraction of sp³-hybridized carbons (Fsp3) is 0.562. The van der Waals surface area contributed by atoms with E-state index in [1.54, 1.807) is 0 Å². The van der Waals surface area contributed by atoms with Gasteiger partial charge < -0.3 is 11.1 Å². The van der Waals surface area contributed by atoms with E-state index in [0.29, 0.717) is 0 Å². The predicted molar refractivity (Wildman–Crippen MR) is 88.8 cm³/mol. The number of anilines is 1. The number of hydrogen-bond donors (Lipinski definition) is 2. The maximum atomic E-state index is 12.2. The van der Waals surface area contributed by atoms with Crippen molar-refractivity contribution in [1.29, 1.82) is 0 Å².